The first-order valence-corrected chi connectivity index (χ1v) is 11.2. The second kappa shape index (κ2) is 10.7. The molecule has 9 nitrogen and oxygen atoms in total. The highest BCUT2D eigenvalue weighted by molar-refractivity contribution is 6.31. The molecule has 1 aromatic carbocycles. The smallest absolute Gasteiger partial charge is 0.319 e. The molecule has 1 fully saturated rings. The van der Waals surface area contributed by atoms with Gasteiger partial charge in [0.25, 0.3) is 0 Å². The minimum atomic E-state index is -0.491. The lowest BCUT2D eigenvalue weighted by atomic mass is 9.91. The van der Waals surface area contributed by atoms with Crippen LogP contribution in [0.4, 0.5) is 21.8 Å². The predicted octanol–water partition coefficient (Wildman–Crippen LogP) is 3.83. The molecule has 4 rings (SSSR count). The minimum Gasteiger partial charge on any atom is -0.465 e. The van der Waals surface area contributed by atoms with E-state index in [1.807, 2.05) is 0 Å². The third-order valence-corrected chi connectivity index (χ3v) is 5.75. The summed E-state index contributed by atoms with van der Waals surface area (Å²) in [4.78, 5) is 29.0. The Morgan fingerprint density at radius 2 is 1.97 bits per heavy atom. The number of nitrogens with one attached hydrogen (secondary N) is 3. The molecule has 174 valence electrons. The van der Waals surface area contributed by atoms with Gasteiger partial charge in [-0.05, 0) is 50.8 Å². The summed E-state index contributed by atoms with van der Waals surface area (Å²) in [6, 6.07) is 4.86. The maximum atomic E-state index is 13.5. The molecule has 33 heavy (non-hydrogen) atoms. The van der Waals surface area contributed by atoms with Crippen LogP contribution in [0.2, 0.25) is 5.02 Å². The number of hydrogen-bond acceptors (Lipinski definition) is 9. The Labute approximate surface area is 195 Å². The molecule has 0 aliphatic heterocycles. The Morgan fingerprint density at radius 3 is 2.73 bits per heavy atom. The van der Waals surface area contributed by atoms with Gasteiger partial charge in [0.1, 0.15) is 23.2 Å². The fraction of sp³-hybridized carbons (Fsp3) is 0.409. The van der Waals surface area contributed by atoms with E-state index in [0.29, 0.717) is 35.1 Å². The molecule has 3 N–H and O–H groups in total. The Balaban J connectivity index is 1.39. The van der Waals surface area contributed by atoms with E-state index in [0.717, 1.165) is 25.7 Å². The number of ether oxygens (including phenoxy) is 1. The van der Waals surface area contributed by atoms with Crippen molar-refractivity contribution in [3.8, 4) is 0 Å². The molecule has 1 aliphatic rings. The van der Waals surface area contributed by atoms with E-state index in [-0.39, 0.29) is 29.6 Å². The van der Waals surface area contributed by atoms with Crippen LogP contribution in [0.25, 0.3) is 11.0 Å². The molecule has 0 atom stereocenters. The largest absolute Gasteiger partial charge is 0.465 e. The summed E-state index contributed by atoms with van der Waals surface area (Å²) in [6.07, 6.45) is 6.77. The number of carbonyl (C=O) groups excluding carboxylic acids is 1. The Morgan fingerprint density at radius 1 is 1.18 bits per heavy atom. The van der Waals surface area contributed by atoms with E-state index < -0.39 is 5.82 Å². The van der Waals surface area contributed by atoms with Crippen molar-refractivity contribution in [1.82, 2.24) is 25.3 Å². The van der Waals surface area contributed by atoms with Gasteiger partial charge in [0.2, 0.25) is 5.95 Å². The van der Waals surface area contributed by atoms with E-state index in [1.54, 1.807) is 19.2 Å². The zero-order valence-electron chi connectivity index (χ0n) is 18.1. The van der Waals surface area contributed by atoms with Crippen LogP contribution in [0.1, 0.15) is 32.6 Å². The van der Waals surface area contributed by atoms with E-state index in [2.05, 4.69) is 35.9 Å². The molecule has 11 heteroatoms. The zero-order chi connectivity index (χ0) is 23.2. The fourth-order valence-corrected chi connectivity index (χ4v) is 3.97. The normalized spacial score (nSPS) is 18.2. The van der Waals surface area contributed by atoms with Gasteiger partial charge < -0.3 is 20.7 Å². The highest BCUT2D eigenvalue weighted by Crippen LogP contribution is 2.26. The fourth-order valence-electron chi connectivity index (χ4n) is 3.79. The molecule has 0 amide bonds. The quantitative estimate of drug-likeness (QED) is 0.420. The molecular formula is C22H25ClFN7O2. The lowest BCUT2D eigenvalue weighted by Crippen LogP contribution is -2.39. The average molecular weight is 474 g/mol. The van der Waals surface area contributed by atoms with Gasteiger partial charge in [0.05, 0.1) is 24.4 Å². The second-order valence-corrected chi connectivity index (χ2v) is 8.19. The predicted molar refractivity (Wildman–Crippen MR) is 124 cm³/mol. The number of halogens is 2. The van der Waals surface area contributed by atoms with Crippen LogP contribution in [0.5, 0.6) is 0 Å². The number of rotatable bonds is 8. The number of hydrogen-bond donors (Lipinski definition) is 3. The topological polar surface area (TPSA) is 114 Å². The average Bonchev–Trinajstić information content (AvgIpc) is 2.82. The van der Waals surface area contributed by atoms with E-state index >= 15 is 0 Å². The van der Waals surface area contributed by atoms with Crippen molar-refractivity contribution in [2.75, 3.05) is 23.8 Å². The Bertz CT molecular complexity index is 1130. The summed E-state index contributed by atoms with van der Waals surface area (Å²) in [7, 11) is 0. The van der Waals surface area contributed by atoms with Gasteiger partial charge in [-0.15, -0.1) is 0 Å². The summed E-state index contributed by atoms with van der Waals surface area (Å²) >= 11 is 5.88. The zero-order valence-corrected chi connectivity index (χ0v) is 18.9. The number of benzene rings is 1. The van der Waals surface area contributed by atoms with Crippen molar-refractivity contribution in [3.63, 3.8) is 0 Å². The maximum Gasteiger partial charge on any atom is 0.319 e. The summed E-state index contributed by atoms with van der Waals surface area (Å²) in [5.41, 5.74) is 1.71. The van der Waals surface area contributed by atoms with Gasteiger partial charge in [-0.2, -0.15) is 0 Å². The first kappa shape index (κ1) is 23.1. The standard InChI is InChI=1S/C22H25ClFN7O2/c1-2-33-19(32)11-25-13-3-5-14(6-4-13)30-22-26-10-18-20(31-22)21(28-12-27-18)29-15-7-8-17(24)16(23)9-15/h7-10,12-14,25H,2-6,11H2,1H3,(H,26,30,31)(H,27,28,29). The van der Waals surface area contributed by atoms with Crippen molar-refractivity contribution in [3.05, 3.63) is 41.6 Å². The number of nitrogens with zero attached hydrogens (tertiary/aromatic N) is 4. The van der Waals surface area contributed by atoms with Gasteiger partial charge >= 0.3 is 5.97 Å². The molecule has 0 spiro atoms. The summed E-state index contributed by atoms with van der Waals surface area (Å²) in [5, 5.41) is 9.79. The van der Waals surface area contributed by atoms with E-state index in [9.17, 15) is 9.18 Å². The number of fused-ring (bicyclic) bond motifs is 1. The first-order valence-electron chi connectivity index (χ1n) is 10.9. The van der Waals surface area contributed by atoms with Crippen molar-refractivity contribution in [2.45, 2.75) is 44.7 Å². The minimum absolute atomic E-state index is 0.0164. The lowest BCUT2D eigenvalue weighted by molar-refractivity contribution is -0.142. The SMILES string of the molecule is CCOC(=O)CNC1CCC(Nc2ncc3ncnc(Nc4ccc(F)c(Cl)c4)c3n2)CC1. The van der Waals surface area contributed by atoms with Crippen molar-refractivity contribution < 1.29 is 13.9 Å². The van der Waals surface area contributed by atoms with Gasteiger partial charge in [-0.1, -0.05) is 11.6 Å². The molecule has 1 aliphatic carbocycles. The number of esters is 1. The molecule has 0 radical (unpaired) electrons. The molecule has 2 heterocycles. The lowest BCUT2D eigenvalue weighted by Gasteiger charge is -2.29. The second-order valence-electron chi connectivity index (χ2n) is 7.78. The van der Waals surface area contributed by atoms with Crippen LogP contribution in [0, 0.1) is 5.82 Å². The van der Waals surface area contributed by atoms with E-state index in [1.165, 1.54) is 18.5 Å². The van der Waals surface area contributed by atoms with Crippen LogP contribution in [0.15, 0.2) is 30.7 Å². The molecule has 1 saturated carbocycles. The van der Waals surface area contributed by atoms with E-state index in [4.69, 9.17) is 16.3 Å². The highest BCUT2D eigenvalue weighted by Gasteiger charge is 2.22. The van der Waals surface area contributed by atoms with Gasteiger partial charge in [0.15, 0.2) is 5.82 Å². The molecule has 2 aromatic heterocycles. The monoisotopic (exact) mass is 473 g/mol. The first-order chi connectivity index (χ1) is 16.0. The molecular weight excluding hydrogens is 449 g/mol. The summed E-state index contributed by atoms with van der Waals surface area (Å²) < 4.78 is 18.4. The summed E-state index contributed by atoms with van der Waals surface area (Å²) in [6.45, 7) is 2.43. The Hall–Kier alpha value is -3.11. The molecule has 3 aromatic rings. The van der Waals surface area contributed by atoms with Crippen LogP contribution in [0.3, 0.4) is 0 Å². The molecule has 0 saturated heterocycles. The molecule has 0 unspecified atom stereocenters. The van der Waals surface area contributed by atoms with Crippen LogP contribution in [-0.2, 0) is 9.53 Å². The van der Waals surface area contributed by atoms with Crippen molar-refractivity contribution >= 4 is 46.1 Å². The number of anilines is 3. The van der Waals surface area contributed by atoms with Crippen LogP contribution < -0.4 is 16.0 Å². The van der Waals surface area contributed by atoms with Crippen molar-refractivity contribution in [2.24, 2.45) is 0 Å². The van der Waals surface area contributed by atoms with Crippen LogP contribution in [-0.4, -0.2) is 51.1 Å². The highest BCUT2D eigenvalue weighted by atomic mass is 35.5. The number of aromatic nitrogens is 4. The molecule has 0 bridgehead atoms. The summed E-state index contributed by atoms with van der Waals surface area (Å²) in [5.74, 6) is 0.242. The van der Waals surface area contributed by atoms with Crippen molar-refractivity contribution in [1.29, 1.82) is 0 Å². The van der Waals surface area contributed by atoms with Gasteiger partial charge in [0, 0.05) is 17.8 Å². The maximum absolute atomic E-state index is 13.5. The third kappa shape index (κ3) is 6.02. The Kier molecular flexibility index (Phi) is 7.46. The van der Waals surface area contributed by atoms with Gasteiger partial charge in [-0.25, -0.2) is 24.3 Å². The number of carbonyl (C=O) groups is 1. The third-order valence-electron chi connectivity index (χ3n) is 5.46. The van der Waals surface area contributed by atoms with Crippen LogP contribution >= 0.6 is 11.6 Å². The van der Waals surface area contributed by atoms with Gasteiger partial charge in [-0.3, -0.25) is 4.79 Å².